The lowest BCUT2D eigenvalue weighted by Gasteiger charge is -2.33. The van der Waals surface area contributed by atoms with Gasteiger partial charge in [0.1, 0.15) is 18.3 Å². The summed E-state index contributed by atoms with van der Waals surface area (Å²) in [7, 11) is -2.38. The standard InChI is InChI=1S/C26H36ClN3O5S/c1-6-19(3)28-26(32)23(7-2)29(16-15-20-11-9-8-10-12-20)25(31)18-30(36(5,33)34)21-13-14-24(35-4)22(27)17-21/h8-14,17,19,23H,6-7,15-16,18H2,1-5H3,(H,28,32). The molecule has 0 aliphatic rings. The van der Waals surface area contributed by atoms with Crippen molar-refractivity contribution < 1.29 is 22.7 Å². The number of rotatable bonds is 13. The van der Waals surface area contributed by atoms with Crippen LogP contribution < -0.4 is 14.4 Å². The largest absolute Gasteiger partial charge is 0.495 e. The minimum atomic E-state index is -3.84. The van der Waals surface area contributed by atoms with Crippen LogP contribution in [0.2, 0.25) is 5.02 Å². The van der Waals surface area contributed by atoms with Crippen LogP contribution in [-0.4, -0.2) is 63.7 Å². The van der Waals surface area contributed by atoms with E-state index in [9.17, 15) is 18.0 Å². The van der Waals surface area contributed by atoms with Crippen molar-refractivity contribution >= 4 is 39.1 Å². The summed E-state index contributed by atoms with van der Waals surface area (Å²) >= 11 is 6.22. The van der Waals surface area contributed by atoms with Gasteiger partial charge in [0.15, 0.2) is 0 Å². The molecule has 8 nitrogen and oxygen atoms in total. The maximum absolute atomic E-state index is 13.6. The Morgan fingerprint density at radius 1 is 1.08 bits per heavy atom. The van der Waals surface area contributed by atoms with Crippen molar-refractivity contribution in [1.82, 2.24) is 10.2 Å². The van der Waals surface area contributed by atoms with Crippen LogP contribution in [0, 0.1) is 0 Å². The second kappa shape index (κ2) is 13.5. The molecule has 0 bridgehead atoms. The van der Waals surface area contributed by atoms with Gasteiger partial charge in [0.25, 0.3) is 0 Å². The minimum Gasteiger partial charge on any atom is -0.495 e. The number of nitrogens with zero attached hydrogens (tertiary/aromatic N) is 2. The third kappa shape index (κ3) is 8.13. The van der Waals surface area contributed by atoms with Gasteiger partial charge in [-0.25, -0.2) is 8.42 Å². The highest BCUT2D eigenvalue weighted by molar-refractivity contribution is 7.92. The fraction of sp³-hybridized carbons (Fsp3) is 0.462. The molecule has 0 heterocycles. The van der Waals surface area contributed by atoms with Crippen LogP contribution in [0.5, 0.6) is 5.75 Å². The number of sulfonamides is 1. The molecule has 0 fully saturated rings. The number of halogens is 1. The topological polar surface area (TPSA) is 96.0 Å². The fourth-order valence-corrected chi connectivity index (χ4v) is 4.85. The molecule has 2 rings (SSSR count). The first kappa shape index (κ1) is 29.5. The lowest BCUT2D eigenvalue weighted by atomic mass is 10.1. The van der Waals surface area contributed by atoms with Crippen LogP contribution >= 0.6 is 11.6 Å². The van der Waals surface area contributed by atoms with Crippen LogP contribution in [-0.2, 0) is 26.0 Å². The third-order valence-corrected chi connectivity index (χ3v) is 7.41. The zero-order valence-electron chi connectivity index (χ0n) is 21.5. The van der Waals surface area contributed by atoms with E-state index in [0.717, 1.165) is 22.5 Å². The quantitative estimate of drug-likeness (QED) is 0.418. The molecular formula is C26H36ClN3O5S. The Hall–Kier alpha value is -2.78. The number of ether oxygens (including phenoxy) is 1. The molecule has 2 aromatic rings. The Morgan fingerprint density at radius 2 is 1.75 bits per heavy atom. The van der Waals surface area contributed by atoms with Gasteiger partial charge >= 0.3 is 0 Å². The second-order valence-electron chi connectivity index (χ2n) is 8.65. The Bertz CT molecular complexity index is 1130. The summed E-state index contributed by atoms with van der Waals surface area (Å²) in [5.41, 5.74) is 1.24. The first-order chi connectivity index (χ1) is 17.0. The smallest absolute Gasteiger partial charge is 0.244 e. The Balaban J connectivity index is 2.39. The van der Waals surface area contributed by atoms with Crippen molar-refractivity contribution in [2.75, 3.05) is 30.8 Å². The van der Waals surface area contributed by atoms with Gasteiger partial charge in [-0.2, -0.15) is 0 Å². The van der Waals surface area contributed by atoms with Gasteiger partial charge < -0.3 is 15.0 Å². The minimum absolute atomic E-state index is 0.0495. The van der Waals surface area contributed by atoms with Gasteiger partial charge in [-0.05, 0) is 49.9 Å². The van der Waals surface area contributed by atoms with Gasteiger partial charge in [0.05, 0.1) is 24.1 Å². The molecule has 2 amide bonds. The van der Waals surface area contributed by atoms with Crippen LogP contribution in [0.25, 0.3) is 0 Å². The van der Waals surface area contributed by atoms with Gasteiger partial charge in [0, 0.05) is 12.6 Å². The van der Waals surface area contributed by atoms with E-state index in [2.05, 4.69) is 5.32 Å². The summed E-state index contributed by atoms with van der Waals surface area (Å²) < 4.78 is 31.5. The van der Waals surface area contributed by atoms with E-state index in [-0.39, 0.29) is 29.2 Å². The highest BCUT2D eigenvalue weighted by atomic mass is 35.5. The van der Waals surface area contributed by atoms with E-state index in [1.165, 1.54) is 24.1 Å². The number of amides is 2. The SMILES string of the molecule is CCC(C)NC(=O)C(CC)N(CCc1ccccc1)C(=O)CN(c1ccc(OC)c(Cl)c1)S(C)(=O)=O. The number of nitrogens with one attached hydrogen (secondary N) is 1. The van der Waals surface area contributed by atoms with Crippen molar-refractivity contribution in [1.29, 1.82) is 0 Å². The third-order valence-electron chi connectivity index (χ3n) is 5.97. The van der Waals surface area contributed by atoms with E-state index < -0.39 is 28.5 Å². The number of benzene rings is 2. The molecule has 10 heteroatoms. The molecule has 0 saturated carbocycles. The lowest BCUT2D eigenvalue weighted by molar-refractivity contribution is -0.139. The summed E-state index contributed by atoms with van der Waals surface area (Å²) in [5.74, 6) is -0.349. The normalized spacial score (nSPS) is 12.9. The first-order valence-electron chi connectivity index (χ1n) is 12.0. The van der Waals surface area contributed by atoms with E-state index >= 15 is 0 Å². The molecule has 0 saturated heterocycles. The van der Waals surface area contributed by atoms with E-state index in [1.54, 1.807) is 6.07 Å². The number of hydrogen-bond donors (Lipinski definition) is 1. The molecule has 0 radical (unpaired) electrons. The number of carbonyl (C=O) groups is 2. The first-order valence-corrected chi connectivity index (χ1v) is 14.2. The fourth-order valence-electron chi connectivity index (χ4n) is 3.76. The molecule has 2 unspecified atom stereocenters. The molecule has 36 heavy (non-hydrogen) atoms. The van der Waals surface area contributed by atoms with Gasteiger partial charge in [-0.15, -0.1) is 0 Å². The maximum atomic E-state index is 13.6. The van der Waals surface area contributed by atoms with Crippen molar-refractivity contribution in [3.05, 3.63) is 59.1 Å². The zero-order chi connectivity index (χ0) is 26.9. The van der Waals surface area contributed by atoms with Gasteiger partial charge in [-0.3, -0.25) is 13.9 Å². The molecule has 2 atom stereocenters. The predicted octanol–water partition coefficient (Wildman–Crippen LogP) is 3.88. The molecule has 0 spiro atoms. The van der Waals surface area contributed by atoms with Gasteiger partial charge in [-0.1, -0.05) is 55.8 Å². The predicted molar refractivity (Wildman–Crippen MR) is 144 cm³/mol. The number of carbonyl (C=O) groups excluding carboxylic acids is 2. The van der Waals surface area contributed by atoms with Crippen LogP contribution in [0.15, 0.2) is 48.5 Å². The Kier molecular flexibility index (Phi) is 11.0. The average molecular weight is 538 g/mol. The molecule has 0 aliphatic heterocycles. The summed E-state index contributed by atoms with van der Waals surface area (Å²) in [6.45, 7) is 5.49. The number of anilines is 1. The van der Waals surface area contributed by atoms with Crippen molar-refractivity contribution in [2.45, 2.75) is 52.1 Å². The lowest BCUT2D eigenvalue weighted by Crippen LogP contribution is -2.54. The summed E-state index contributed by atoms with van der Waals surface area (Å²) in [6.07, 6.45) is 2.68. The monoisotopic (exact) mass is 537 g/mol. The highest BCUT2D eigenvalue weighted by Crippen LogP contribution is 2.30. The molecule has 0 aromatic heterocycles. The summed E-state index contributed by atoms with van der Waals surface area (Å²) in [5, 5.41) is 3.17. The molecular weight excluding hydrogens is 502 g/mol. The molecule has 1 N–H and O–H groups in total. The van der Waals surface area contributed by atoms with E-state index in [0.29, 0.717) is 18.6 Å². The van der Waals surface area contributed by atoms with Crippen LogP contribution in [0.3, 0.4) is 0 Å². The van der Waals surface area contributed by atoms with Crippen LogP contribution in [0.1, 0.15) is 39.2 Å². The van der Waals surface area contributed by atoms with E-state index in [4.69, 9.17) is 16.3 Å². The molecule has 198 valence electrons. The zero-order valence-corrected chi connectivity index (χ0v) is 23.1. The van der Waals surface area contributed by atoms with Crippen LogP contribution in [0.4, 0.5) is 5.69 Å². The maximum Gasteiger partial charge on any atom is 0.244 e. The number of methoxy groups -OCH3 is 1. The van der Waals surface area contributed by atoms with Gasteiger partial charge in [0.2, 0.25) is 21.8 Å². The highest BCUT2D eigenvalue weighted by Gasteiger charge is 2.32. The van der Waals surface area contributed by atoms with Crippen molar-refractivity contribution in [3.63, 3.8) is 0 Å². The Morgan fingerprint density at radius 3 is 2.28 bits per heavy atom. The second-order valence-corrected chi connectivity index (χ2v) is 11.0. The summed E-state index contributed by atoms with van der Waals surface area (Å²) in [6, 6.07) is 13.3. The van der Waals surface area contributed by atoms with E-state index in [1.807, 2.05) is 51.1 Å². The van der Waals surface area contributed by atoms with Crippen molar-refractivity contribution in [3.8, 4) is 5.75 Å². The average Bonchev–Trinajstić information content (AvgIpc) is 2.84. The molecule has 2 aromatic carbocycles. The molecule has 0 aliphatic carbocycles. The number of hydrogen-bond acceptors (Lipinski definition) is 5. The Labute approximate surface area is 219 Å². The summed E-state index contributed by atoms with van der Waals surface area (Å²) in [4.78, 5) is 28.2. The van der Waals surface area contributed by atoms with Crippen molar-refractivity contribution in [2.24, 2.45) is 0 Å².